The molecule has 0 saturated heterocycles. The number of carbonyl (C=O) groups is 8. The van der Waals surface area contributed by atoms with Gasteiger partial charge in [0.05, 0.1) is 44.3 Å². The van der Waals surface area contributed by atoms with Crippen LogP contribution in [-0.4, -0.2) is 242 Å². The van der Waals surface area contributed by atoms with E-state index in [2.05, 4.69) is 50.2 Å². The van der Waals surface area contributed by atoms with Gasteiger partial charge in [-0.05, 0) is 66.7 Å². The van der Waals surface area contributed by atoms with E-state index in [4.69, 9.17) is 26.5 Å². The van der Waals surface area contributed by atoms with E-state index in [9.17, 15) is 48.6 Å². The Bertz CT molecular complexity index is 2450. The number of Topliss-reactive ketones (excluding diaryl/α,β-unsaturated/α-hetero) is 2. The standard InChI is InChI=1S/C20H27NO5S3.C13H17NO4S2.C8H8O3.C7H12O2S.C5H9BNO3S2.C2H6.CH4.2K.H2/c1-3-4-5-9-27-14-19(24)21-8-10-28-29-13-16(22)11-15-6-7-18(23)17(12-15)20(25)26-2;1-18-13(17)11-7-9(2-3-12(11)16)6-10(15)8-20-19-5-4-14;1-11-8(10)6-4-2-3-5-7(6)9;1-2-3-4-5-10-6-7(8)9;7-4-10-6-1-2-11-12-3-5(8)9;1-2;;;;/h4-7,12,23H,3,8-11,13-14H2,1-2H3,(H,21,24);2-3,7,16H,4-6,8,14H2,1H3;2-5,9H,1H3;3-4H,2,5-6H2,1H3,(H,8,9);4,7H,1-3H2,(H,8,9);1-2H3;1H4;;;1H/b5-4-;;;4-3-;;;;;;/i;;;;;;;;;1+1. The summed E-state index contributed by atoms with van der Waals surface area (Å²) in [5.74, 6) is 1.86. The number of benzene rings is 3. The molecule has 9 N–H and O–H groups in total. The third-order valence-electron chi connectivity index (χ3n) is 8.80. The Morgan fingerprint density at radius 2 is 1.02 bits per heavy atom. The molecule has 3 aromatic rings. The Morgan fingerprint density at radius 1 is 0.598 bits per heavy atom. The van der Waals surface area contributed by atoms with Crippen LogP contribution in [-0.2, 0) is 55.7 Å². The van der Waals surface area contributed by atoms with Gasteiger partial charge in [0.25, 0.3) is 0 Å². The summed E-state index contributed by atoms with van der Waals surface area (Å²) < 4.78 is 18.1. The van der Waals surface area contributed by atoms with E-state index >= 15 is 0 Å². The molecular formula is C56H85BK2N3O17S8. The zero-order valence-corrected chi connectivity index (χ0v) is 63.0. The van der Waals surface area contributed by atoms with E-state index < -0.39 is 29.8 Å². The number of para-hydroxylation sites is 1. The second-order valence-corrected chi connectivity index (χ2v) is 25.1. The topological polar surface area (TPSA) is 337 Å². The number of thioether (sulfide) groups is 2. The van der Waals surface area contributed by atoms with Gasteiger partial charge in [-0.2, -0.15) is 0 Å². The van der Waals surface area contributed by atoms with E-state index in [-0.39, 0.29) is 84.6 Å². The Morgan fingerprint density at radius 3 is 1.46 bits per heavy atom. The Hall–Kier alpha value is -1.73. The molecule has 0 aromatic heterocycles. The molecule has 87 heavy (non-hydrogen) atoms. The molecular weight excluding hydrogens is 1330 g/mol. The van der Waals surface area contributed by atoms with Gasteiger partial charge in [0.15, 0.2) is 0 Å². The summed E-state index contributed by atoms with van der Waals surface area (Å²) in [5.41, 5.74) is 7.00. The van der Waals surface area contributed by atoms with Gasteiger partial charge in [0, 0.05) is 56.1 Å². The average molecular weight is 1420 g/mol. The molecule has 0 spiro atoms. The SMILES string of the molecule is C.CC.CC/C=C\CSCC(=O)NCCSSCC(=O)Cc1ccc(O)c(C(=O)OC)c1.CC/C=C\CSCC(=O)O.COC(=O)c1cc(CC(=O)CSSCCN)ccc1O.COC(=O)c1ccccc1O.N=CO[B]CCSSCC(=O)O.[2HH].[K][K]. The molecule has 479 valence electrons. The van der Waals surface area contributed by atoms with Crippen molar-refractivity contribution in [2.45, 2.75) is 67.1 Å². The Balaban J connectivity index is -0.000000248. The minimum atomic E-state index is -0.799. The summed E-state index contributed by atoms with van der Waals surface area (Å²) in [6, 6.07) is 15.2. The first kappa shape index (κ1) is 94.0. The number of nitrogens with two attached hydrogens (primary N) is 1. The van der Waals surface area contributed by atoms with Gasteiger partial charge in [-0.15, -0.1) is 23.5 Å². The third-order valence-corrected chi connectivity index (χ3v) is 17.6. The first-order valence-corrected chi connectivity index (χ1v) is 52.4. The summed E-state index contributed by atoms with van der Waals surface area (Å²) in [5, 5.41) is 54.2. The summed E-state index contributed by atoms with van der Waals surface area (Å²) >= 11 is 5.49. The second-order valence-electron chi connectivity index (χ2n) is 15.3. The molecule has 3 aromatic carbocycles. The fourth-order valence-electron chi connectivity index (χ4n) is 5.18. The normalized spacial score (nSPS) is 9.75. The van der Waals surface area contributed by atoms with Crippen molar-refractivity contribution in [3.63, 3.8) is 0 Å². The molecule has 31 heteroatoms. The van der Waals surface area contributed by atoms with Crippen LogP contribution in [0, 0.1) is 5.41 Å². The molecule has 0 fully saturated rings. The first-order valence-electron chi connectivity index (χ1n) is 26.6. The molecule has 0 heterocycles. The Kier molecular flexibility index (Phi) is 74.1. The van der Waals surface area contributed by atoms with Crippen molar-refractivity contribution in [2.24, 2.45) is 5.73 Å². The number of phenolic OH excluding ortho intramolecular Hbond substituents is 3. The van der Waals surface area contributed by atoms with Crippen molar-refractivity contribution in [2.75, 3.05) is 91.9 Å². The van der Waals surface area contributed by atoms with Gasteiger partial charge in [-0.3, -0.25) is 29.4 Å². The van der Waals surface area contributed by atoms with Crippen LogP contribution in [0.4, 0.5) is 0 Å². The van der Waals surface area contributed by atoms with Crippen LogP contribution in [0.15, 0.2) is 85.0 Å². The van der Waals surface area contributed by atoms with Crippen molar-refractivity contribution in [1.82, 2.24) is 5.32 Å². The number of methoxy groups -OCH3 is 3. The number of rotatable bonds is 36. The van der Waals surface area contributed by atoms with Gasteiger partial charge in [0.2, 0.25) is 5.91 Å². The molecule has 3 rings (SSSR count). The predicted octanol–water partition coefficient (Wildman–Crippen LogP) is 10.3. The zero-order valence-electron chi connectivity index (χ0n) is 50.2. The fraction of sp³-hybridized carbons (Fsp3) is 0.446. The number of hydrogen-bond donors (Lipinski definition) is 8. The predicted molar refractivity (Wildman–Crippen MR) is 373 cm³/mol. The first-order chi connectivity index (χ1) is 41.3. The van der Waals surface area contributed by atoms with Crippen LogP contribution >= 0.6 is 88.3 Å². The van der Waals surface area contributed by atoms with Gasteiger partial charge in [-0.1, -0.05) is 148 Å². The number of ketones is 2. The molecule has 0 atom stereocenters. The fourth-order valence-corrected chi connectivity index (χ4v) is 11.8. The molecule has 0 saturated carbocycles. The molecule has 0 aliphatic rings. The van der Waals surface area contributed by atoms with Crippen molar-refractivity contribution in [3.8, 4) is 17.2 Å². The number of carboxylic acids is 2. The maximum atomic E-state index is 12.1. The second kappa shape index (κ2) is 68.6. The van der Waals surface area contributed by atoms with Gasteiger partial charge >= 0.3 is 100 Å². The number of allylic oxidation sites excluding steroid dienone is 2. The molecule has 1 radical (unpaired) electrons. The van der Waals surface area contributed by atoms with Crippen LogP contribution in [0.25, 0.3) is 0 Å². The van der Waals surface area contributed by atoms with Crippen LogP contribution in [0.3, 0.4) is 0 Å². The van der Waals surface area contributed by atoms with Crippen molar-refractivity contribution in [3.05, 3.63) is 113 Å². The minimum absolute atomic E-state index is 0. The molecule has 0 bridgehead atoms. The quantitative estimate of drug-likeness (QED) is 0.00392. The van der Waals surface area contributed by atoms with E-state index in [0.29, 0.717) is 47.8 Å². The number of phenols is 3. The van der Waals surface area contributed by atoms with E-state index in [1.54, 1.807) is 46.8 Å². The van der Waals surface area contributed by atoms with Crippen LogP contribution in [0.2, 0.25) is 6.32 Å². The molecule has 20 nitrogen and oxygen atoms in total. The molecule has 0 aliphatic heterocycles. The number of carboxylic acid groups (broad SMARTS) is 2. The number of esters is 3. The van der Waals surface area contributed by atoms with E-state index in [1.807, 2.05) is 26.0 Å². The van der Waals surface area contributed by atoms with Crippen LogP contribution in [0.1, 0.15) is 91.6 Å². The molecule has 0 aliphatic carbocycles. The number of hydrogen-bond acceptors (Lipinski definition) is 25. The number of nitrogens with one attached hydrogen (secondary N) is 2. The van der Waals surface area contributed by atoms with Crippen molar-refractivity contribution >= 4 is 213 Å². The number of aromatic hydroxyl groups is 3. The zero-order chi connectivity index (χ0) is 65.8. The van der Waals surface area contributed by atoms with Crippen molar-refractivity contribution < 1.29 is 84.2 Å². The monoisotopic (exact) mass is 1420 g/mol. The number of aliphatic carboxylic acids is 2. The summed E-state index contributed by atoms with van der Waals surface area (Å²) in [4.78, 5) is 89.4. The molecule has 1 amide bonds. The summed E-state index contributed by atoms with van der Waals surface area (Å²) in [7, 11) is 14.1. The third kappa shape index (κ3) is 57.9. The van der Waals surface area contributed by atoms with Gasteiger partial charge < -0.3 is 55.4 Å². The average Bonchev–Trinajstić information content (AvgIpc) is 3.52. The molecule has 0 unspecified atom stereocenters. The number of ether oxygens (including phenoxy) is 3. The number of carbonyl (C=O) groups excluding carboxylic acids is 6. The summed E-state index contributed by atoms with van der Waals surface area (Å²) in [6.45, 7) is 9.28. The number of amides is 1. The van der Waals surface area contributed by atoms with E-state index in [0.717, 1.165) is 48.0 Å². The van der Waals surface area contributed by atoms with Gasteiger partial charge in [0.1, 0.15) is 57.7 Å². The summed E-state index contributed by atoms with van der Waals surface area (Å²) in [6.07, 6.45) is 12.2. The maximum absolute atomic E-state index is 12.1. The van der Waals surface area contributed by atoms with E-state index in [1.165, 1.54) is 194 Å². The van der Waals surface area contributed by atoms with Crippen LogP contribution in [0.5, 0.6) is 17.2 Å². The van der Waals surface area contributed by atoms with Crippen molar-refractivity contribution in [1.29, 1.82) is 5.41 Å². The Labute approximate surface area is 593 Å². The van der Waals surface area contributed by atoms with Crippen LogP contribution < -0.4 is 11.1 Å². The van der Waals surface area contributed by atoms with Gasteiger partial charge in [-0.25, -0.2) is 14.4 Å².